The van der Waals surface area contributed by atoms with Crippen LogP contribution in [0, 0.1) is 6.92 Å². The Kier molecular flexibility index (Phi) is 5.65. The third-order valence-corrected chi connectivity index (χ3v) is 7.55. The number of nitrogens with zero attached hydrogens (tertiary/aromatic N) is 1. The summed E-state index contributed by atoms with van der Waals surface area (Å²) >= 11 is 0. The SMILES string of the molecule is CC1=CC(B2C3=C(CCC(C)=C3)Nc3c4c(cc(C)c32)[B]CC(C)=N/C=C\C4)=C(C)CC1. The van der Waals surface area contributed by atoms with E-state index in [-0.39, 0.29) is 0 Å². The molecule has 4 heteroatoms. The van der Waals surface area contributed by atoms with Gasteiger partial charge in [-0.2, -0.15) is 0 Å². The van der Waals surface area contributed by atoms with E-state index in [4.69, 9.17) is 0 Å². The molecule has 4 aliphatic rings. The number of aryl methyl sites for hydroxylation is 1. The zero-order valence-electron chi connectivity index (χ0n) is 20.2. The fourth-order valence-corrected chi connectivity index (χ4v) is 5.71. The molecular formula is C28H33B2N2. The quantitative estimate of drug-likeness (QED) is 0.595. The topological polar surface area (TPSA) is 24.4 Å². The van der Waals surface area contributed by atoms with Gasteiger partial charge in [0.15, 0.2) is 7.28 Å². The number of allylic oxidation sites excluding steroid dienone is 9. The zero-order valence-corrected chi connectivity index (χ0v) is 20.2. The number of rotatable bonds is 1. The second-order valence-electron chi connectivity index (χ2n) is 10.1. The van der Waals surface area contributed by atoms with E-state index >= 15 is 0 Å². The van der Waals surface area contributed by atoms with Crippen molar-refractivity contribution < 1.29 is 0 Å². The van der Waals surface area contributed by atoms with Crippen LogP contribution < -0.4 is 16.2 Å². The van der Waals surface area contributed by atoms with Gasteiger partial charge in [-0.1, -0.05) is 57.5 Å². The first kappa shape index (κ1) is 21.4. The Labute approximate surface area is 194 Å². The van der Waals surface area contributed by atoms with Gasteiger partial charge in [0, 0.05) is 23.3 Å². The Hall–Kier alpha value is -2.48. The fourth-order valence-electron chi connectivity index (χ4n) is 5.71. The molecule has 1 aromatic rings. The third kappa shape index (κ3) is 3.78. The van der Waals surface area contributed by atoms with Gasteiger partial charge in [-0.25, -0.2) is 0 Å². The summed E-state index contributed by atoms with van der Waals surface area (Å²) in [6, 6.07) is 2.43. The molecule has 0 saturated heterocycles. The first-order chi connectivity index (χ1) is 15.4. The van der Waals surface area contributed by atoms with Gasteiger partial charge in [-0.3, -0.25) is 4.99 Å². The number of benzene rings is 1. The van der Waals surface area contributed by atoms with E-state index in [1.54, 1.807) is 5.57 Å². The first-order valence-corrected chi connectivity index (χ1v) is 12.1. The molecule has 2 nitrogen and oxygen atoms in total. The highest BCUT2D eigenvalue weighted by Crippen LogP contribution is 2.38. The molecule has 0 fully saturated rings. The molecule has 1 radical (unpaired) electrons. The number of fused-ring (bicyclic) bond motifs is 3. The van der Waals surface area contributed by atoms with E-state index < -0.39 is 0 Å². The molecule has 2 aliphatic carbocycles. The van der Waals surface area contributed by atoms with Crippen LogP contribution in [0.1, 0.15) is 64.5 Å². The Morgan fingerprint density at radius 3 is 2.50 bits per heavy atom. The molecule has 0 aromatic heterocycles. The van der Waals surface area contributed by atoms with E-state index in [9.17, 15) is 0 Å². The summed E-state index contributed by atoms with van der Waals surface area (Å²) in [5, 5.41) is 3.96. The van der Waals surface area contributed by atoms with Crippen molar-refractivity contribution in [1.82, 2.24) is 0 Å². The molecule has 0 bridgehead atoms. The maximum absolute atomic E-state index is 4.59. The maximum Gasteiger partial charge on any atom is 0.246 e. The van der Waals surface area contributed by atoms with Gasteiger partial charge in [0.2, 0.25) is 6.71 Å². The highest BCUT2D eigenvalue weighted by atomic mass is 14.9. The second-order valence-corrected chi connectivity index (χ2v) is 10.1. The van der Waals surface area contributed by atoms with Gasteiger partial charge in [-0.15, -0.1) is 0 Å². The highest BCUT2D eigenvalue weighted by Gasteiger charge is 2.37. The molecule has 1 aromatic carbocycles. The summed E-state index contributed by atoms with van der Waals surface area (Å²) < 4.78 is 0. The lowest BCUT2D eigenvalue weighted by atomic mass is 9.31. The van der Waals surface area contributed by atoms with Crippen LogP contribution in [0.2, 0.25) is 6.32 Å². The van der Waals surface area contributed by atoms with E-state index in [0.29, 0.717) is 6.71 Å². The van der Waals surface area contributed by atoms with Crippen molar-refractivity contribution in [2.24, 2.45) is 4.99 Å². The van der Waals surface area contributed by atoms with Crippen LogP contribution in [0.15, 0.2) is 68.8 Å². The molecule has 0 saturated carbocycles. The number of hydrogen-bond acceptors (Lipinski definition) is 2. The van der Waals surface area contributed by atoms with Crippen molar-refractivity contribution >= 4 is 36.3 Å². The lowest BCUT2D eigenvalue weighted by molar-refractivity contribution is 0.893. The summed E-state index contributed by atoms with van der Waals surface area (Å²) in [7, 11) is 2.37. The summed E-state index contributed by atoms with van der Waals surface area (Å²) in [5.41, 5.74) is 17.2. The molecule has 161 valence electrons. The van der Waals surface area contributed by atoms with Crippen molar-refractivity contribution in [3.63, 3.8) is 0 Å². The van der Waals surface area contributed by atoms with Crippen LogP contribution in [-0.4, -0.2) is 19.7 Å². The summed E-state index contributed by atoms with van der Waals surface area (Å²) in [4.78, 5) is 4.59. The Balaban J connectivity index is 1.74. The normalized spacial score (nSPS) is 21.5. The average Bonchev–Trinajstić information content (AvgIpc) is 2.85. The predicted octanol–water partition coefficient (Wildman–Crippen LogP) is 5.53. The second kappa shape index (κ2) is 8.46. The fraction of sp³-hybridized carbons (Fsp3) is 0.393. The van der Waals surface area contributed by atoms with Gasteiger partial charge in [-0.05, 0) is 89.5 Å². The highest BCUT2D eigenvalue weighted by molar-refractivity contribution is 6.89. The monoisotopic (exact) mass is 419 g/mol. The lowest BCUT2D eigenvalue weighted by Crippen LogP contribution is -2.46. The van der Waals surface area contributed by atoms with Crippen molar-refractivity contribution in [3.05, 3.63) is 75.0 Å². The summed E-state index contributed by atoms with van der Waals surface area (Å²) in [5.74, 6) is 0. The van der Waals surface area contributed by atoms with Crippen molar-refractivity contribution in [2.75, 3.05) is 5.32 Å². The zero-order chi connectivity index (χ0) is 22.4. The largest absolute Gasteiger partial charge is 0.360 e. The summed E-state index contributed by atoms with van der Waals surface area (Å²) in [6.07, 6.45) is 15.6. The number of aliphatic imine (C=N–C) groups is 1. The maximum atomic E-state index is 4.59. The molecule has 0 atom stereocenters. The molecular weight excluding hydrogens is 386 g/mol. The van der Waals surface area contributed by atoms with Crippen LogP contribution in [0.25, 0.3) is 0 Å². The Morgan fingerprint density at radius 2 is 1.69 bits per heavy atom. The molecule has 0 unspecified atom stereocenters. The average molecular weight is 419 g/mol. The molecule has 32 heavy (non-hydrogen) atoms. The van der Waals surface area contributed by atoms with Crippen LogP contribution in [0.4, 0.5) is 5.69 Å². The lowest BCUT2D eigenvalue weighted by Gasteiger charge is -2.37. The van der Waals surface area contributed by atoms with E-state index in [1.165, 1.54) is 68.4 Å². The molecule has 5 rings (SSSR count). The van der Waals surface area contributed by atoms with E-state index in [1.807, 2.05) is 6.20 Å². The number of anilines is 1. The third-order valence-electron chi connectivity index (χ3n) is 7.55. The van der Waals surface area contributed by atoms with Crippen molar-refractivity contribution in [2.45, 2.75) is 73.0 Å². The Bertz CT molecular complexity index is 1170. The predicted molar refractivity (Wildman–Crippen MR) is 142 cm³/mol. The molecule has 2 heterocycles. The molecule has 2 aliphatic heterocycles. The van der Waals surface area contributed by atoms with Crippen molar-refractivity contribution in [1.29, 1.82) is 0 Å². The number of nitrogens with one attached hydrogen (secondary N) is 1. The minimum Gasteiger partial charge on any atom is -0.360 e. The standard InChI is InChI=1S/C28H33B2N2/c1-17-8-10-19(3)24(13-17)30-25-14-18(2)9-11-26(25)32-28-22-7-6-12-31-21(5)16-29-23(22)15-20(4)27(28)30/h6,12-15,32H,7-11,16H2,1-5H3/b12-6-,31-21?. The minimum atomic E-state index is 0.326. The van der Waals surface area contributed by atoms with Gasteiger partial charge in [0.1, 0.15) is 0 Å². The molecule has 0 amide bonds. The van der Waals surface area contributed by atoms with Crippen LogP contribution >= 0.6 is 0 Å². The van der Waals surface area contributed by atoms with Gasteiger partial charge >= 0.3 is 0 Å². The van der Waals surface area contributed by atoms with Crippen LogP contribution in [0.5, 0.6) is 0 Å². The minimum absolute atomic E-state index is 0.326. The Morgan fingerprint density at radius 1 is 0.938 bits per heavy atom. The van der Waals surface area contributed by atoms with Gasteiger partial charge in [0.25, 0.3) is 0 Å². The molecule has 1 N–H and O–H groups in total. The van der Waals surface area contributed by atoms with Crippen molar-refractivity contribution in [3.8, 4) is 0 Å². The first-order valence-electron chi connectivity index (χ1n) is 12.1. The molecule has 0 spiro atoms. The van der Waals surface area contributed by atoms with E-state index in [0.717, 1.165) is 31.3 Å². The van der Waals surface area contributed by atoms with Crippen LogP contribution in [0.3, 0.4) is 0 Å². The van der Waals surface area contributed by atoms with Crippen LogP contribution in [-0.2, 0) is 6.42 Å². The van der Waals surface area contributed by atoms with Gasteiger partial charge < -0.3 is 5.32 Å². The van der Waals surface area contributed by atoms with E-state index in [2.05, 4.69) is 76.5 Å². The summed E-state index contributed by atoms with van der Waals surface area (Å²) in [6.45, 7) is 11.7. The number of hydrogen-bond donors (Lipinski definition) is 1. The van der Waals surface area contributed by atoms with Gasteiger partial charge in [0.05, 0.1) is 0 Å². The smallest absolute Gasteiger partial charge is 0.246 e.